The Kier molecular flexibility index (Phi) is 2.60. The van der Waals surface area contributed by atoms with E-state index in [2.05, 4.69) is 22.3 Å². The van der Waals surface area contributed by atoms with E-state index in [1.165, 1.54) is 5.56 Å². The minimum atomic E-state index is 0.245. The summed E-state index contributed by atoms with van der Waals surface area (Å²) in [7, 11) is 0. The van der Waals surface area contributed by atoms with Crippen LogP contribution in [0.15, 0.2) is 42.7 Å². The summed E-state index contributed by atoms with van der Waals surface area (Å²) in [6, 6.07) is 10.2. The zero-order valence-corrected chi connectivity index (χ0v) is 7.85. The highest BCUT2D eigenvalue weighted by molar-refractivity contribution is 5.29. The number of H-pyrrole nitrogens is 1. The van der Waals surface area contributed by atoms with Gasteiger partial charge in [0.1, 0.15) is 0 Å². The summed E-state index contributed by atoms with van der Waals surface area (Å²) in [5.41, 5.74) is 8.12. The molecule has 2 aromatic rings. The number of rotatable bonds is 3. The normalized spacial score (nSPS) is 12.6. The first-order valence-corrected chi connectivity index (χ1v) is 4.65. The number of aromatic amines is 1. The molecule has 0 aliphatic rings. The lowest BCUT2D eigenvalue weighted by Crippen LogP contribution is -2.13. The molecule has 0 aliphatic carbocycles. The number of nitrogens with zero attached hydrogens (tertiary/aromatic N) is 1. The van der Waals surface area contributed by atoms with Crippen molar-refractivity contribution in [3.05, 3.63) is 53.9 Å². The summed E-state index contributed by atoms with van der Waals surface area (Å²) in [4.78, 5) is 0. The molecule has 1 unspecified atom stereocenters. The van der Waals surface area contributed by atoms with Crippen molar-refractivity contribution in [1.82, 2.24) is 10.2 Å². The lowest BCUT2D eigenvalue weighted by atomic mass is 9.94. The van der Waals surface area contributed by atoms with Crippen molar-refractivity contribution in [2.45, 2.75) is 5.92 Å². The molecule has 0 radical (unpaired) electrons. The van der Waals surface area contributed by atoms with Crippen LogP contribution in [0.4, 0.5) is 0 Å². The minimum Gasteiger partial charge on any atom is -0.330 e. The van der Waals surface area contributed by atoms with Gasteiger partial charge in [0.25, 0.3) is 0 Å². The number of hydrogen-bond acceptors (Lipinski definition) is 2. The molecule has 2 rings (SSSR count). The van der Waals surface area contributed by atoms with Gasteiger partial charge < -0.3 is 5.73 Å². The zero-order chi connectivity index (χ0) is 9.80. The Bertz CT molecular complexity index is 367. The van der Waals surface area contributed by atoms with Gasteiger partial charge in [-0.3, -0.25) is 5.10 Å². The Balaban J connectivity index is 2.31. The first-order chi connectivity index (χ1) is 6.92. The molecule has 0 amide bonds. The van der Waals surface area contributed by atoms with Gasteiger partial charge >= 0.3 is 0 Å². The van der Waals surface area contributed by atoms with Crippen molar-refractivity contribution in [1.29, 1.82) is 0 Å². The SMILES string of the molecule is NCC(c1ccccc1)c1cn[nH]c1. The number of hydrogen-bond donors (Lipinski definition) is 2. The quantitative estimate of drug-likeness (QED) is 0.765. The molecule has 3 N–H and O–H groups in total. The molecule has 0 bridgehead atoms. The Morgan fingerprint density at radius 2 is 2.00 bits per heavy atom. The van der Waals surface area contributed by atoms with Crippen molar-refractivity contribution in [2.24, 2.45) is 5.73 Å². The molecule has 0 spiro atoms. The van der Waals surface area contributed by atoms with E-state index in [0.29, 0.717) is 6.54 Å². The zero-order valence-electron chi connectivity index (χ0n) is 7.85. The predicted molar refractivity (Wildman–Crippen MR) is 55.9 cm³/mol. The van der Waals surface area contributed by atoms with E-state index in [4.69, 9.17) is 5.73 Å². The molecule has 0 fully saturated rings. The fourth-order valence-corrected chi connectivity index (χ4v) is 1.60. The highest BCUT2D eigenvalue weighted by Gasteiger charge is 2.12. The van der Waals surface area contributed by atoms with Gasteiger partial charge in [-0.2, -0.15) is 5.10 Å². The van der Waals surface area contributed by atoms with Gasteiger partial charge in [0, 0.05) is 18.7 Å². The fourth-order valence-electron chi connectivity index (χ4n) is 1.60. The summed E-state index contributed by atoms with van der Waals surface area (Å²) in [5.74, 6) is 0.245. The number of benzene rings is 1. The second kappa shape index (κ2) is 4.07. The highest BCUT2D eigenvalue weighted by atomic mass is 15.1. The third-order valence-electron chi connectivity index (χ3n) is 2.36. The van der Waals surface area contributed by atoms with Crippen LogP contribution in [0, 0.1) is 0 Å². The van der Waals surface area contributed by atoms with Crippen LogP contribution in [0.3, 0.4) is 0 Å². The first kappa shape index (κ1) is 8.97. The van der Waals surface area contributed by atoms with Gasteiger partial charge in [-0.1, -0.05) is 30.3 Å². The van der Waals surface area contributed by atoms with Crippen LogP contribution in [0.2, 0.25) is 0 Å². The lowest BCUT2D eigenvalue weighted by Gasteiger charge is -2.12. The largest absolute Gasteiger partial charge is 0.330 e. The summed E-state index contributed by atoms with van der Waals surface area (Å²) in [5, 5.41) is 6.74. The van der Waals surface area contributed by atoms with Gasteiger partial charge in [0.15, 0.2) is 0 Å². The maximum Gasteiger partial charge on any atom is 0.0525 e. The number of nitrogens with two attached hydrogens (primary N) is 1. The second-order valence-electron chi connectivity index (χ2n) is 3.23. The van der Waals surface area contributed by atoms with E-state index in [0.717, 1.165) is 5.56 Å². The maximum atomic E-state index is 5.75. The molecule has 1 aromatic heterocycles. The van der Waals surface area contributed by atoms with Crippen LogP contribution >= 0.6 is 0 Å². The molecule has 1 atom stereocenters. The van der Waals surface area contributed by atoms with E-state index in [1.54, 1.807) is 0 Å². The summed E-state index contributed by atoms with van der Waals surface area (Å²) in [6.07, 6.45) is 3.72. The van der Waals surface area contributed by atoms with Crippen molar-refractivity contribution in [3.63, 3.8) is 0 Å². The average molecular weight is 187 g/mol. The van der Waals surface area contributed by atoms with Gasteiger partial charge in [-0.25, -0.2) is 0 Å². The lowest BCUT2D eigenvalue weighted by molar-refractivity contribution is 0.820. The van der Waals surface area contributed by atoms with E-state index in [9.17, 15) is 0 Å². The van der Waals surface area contributed by atoms with Crippen LogP contribution < -0.4 is 5.73 Å². The Morgan fingerprint density at radius 3 is 2.57 bits per heavy atom. The first-order valence-electron chi connectivity index (χ1n) is 4.65. The third kappa shape index (κ3) is 1.67. The molecule has 1 aromatic carbocycles. The van der Waals surface area contributed by atoms with Crippen LogP contribution in [0.5, 0.6) is 0 Å². The van der Waals surface area contributed by atoms with E-state index in [-0.39, 0.29) is 5.92 Å². The van der Waals surface area contributed by atoms with Crippen molar-refractivity contribution >= 4 is 0 Å². The fraction of sp³-hybridized carbons (Fsp3) is 0.182. The van der Waals surface area contributed by atoms with Gasteiger partial charge in [0.2, 0.25) is 0 Å². The Morgan fingerprint density at radius 1 is 1.21 bits per heavy atom. The summed E-state index contributed by atoms with van der Waals surface area (Å²) in [6.45, 7) is 0.601. The molecular weight excluding hydrogens is 174 g/mol. The standard InChI is InChI=1S/C11H13N3/c12-6-11(10-7-13-14-8-10)9-4-2-1-3-5-9/h1-5,7-8,11H,6,12H2,(H,13,14). The monoisotopic (exact) mass is 187 g/mol. The molecule has 1 heterocycles. The second-order valence-corrected chi connectivity index (χ2v) is 3.23. The van der Waals surface area contributed by atoms with Crippen LogP contribution in [0.1, 0.15) is 17.0 Å². The van der Waals surface area contributed by atoms with Crippen molar-refractivity contribution in [2.75, 3.05) is 6.54 Å². The average Bonchev–Trinajstić information content (AvgIpc) is 2.74. The highest BCUT2D eigenvalue weighted by Crippen LogP contribution is 2.21. The van der Waals surface area contributed by atoms with Crippen LogP contribution in [-0.2, 0) is 0 Å². The molecule has 72 valence electrons. The van der Waals surface area contributed by atoms with E-state index < -0.39 is 0 Å². The molecular formula is C11H13N3. The Labute approximate surface area is 83.0 Å². The van der Waals surface area contributed by atoms with E-state index >= 15 is 0 Å². The van der Waals surface area contributed by atoms with Crippen molar-refractivity contribution in [3.8, 4) is 0 Å². The molecule has 0 saturated heterocycles. The topological polar surface area (TPSA) is 54.7 Å². The van der Waals surface area contributed by atoms with Gasteiger partial charge in [-0.15, -0.1) is 0 Å². The molecule has 3 nitrogen and oxygen atoms in total. The third-order valence-corrected chi connectivity index (χ3v) is 2.36. The predicted octanol–water partition coefficient (Wildman–Crippen LogP) is 1.50. The van der Waals surface area contributed by atoms with Gasteiger partial charge in [-0.05, 0) is 11.1 Å². The minimum absolute atomic E-state index is 0.245. The molecule has 0 saturated carbocycles. The van der Waals surface area contributed by atoms with Gasteiger partial charge in [0.05, 0.1) is 6.20 Å². The number of nitrogens with one attached hydrogen (secondary N) is 1. The molecule has 3 heteroatoms. The van der Waals surface area contributed by atoms with Crippen LogP contribution in [0.25, 0.3) is 0 Å². The summed E-state index contributed by atoms with van der Waals surface area (Å²) >= 11 is 0. The molecule has 0 aliphatic heterocycles. The van der Waals surface area contributed by atoms with E-state index in [1.807, 2.05) is 30.6 Å². The number of aromatic nitrogens is 2. The maximum absolute atomic E-state index is 5.75. The van der Waals surface area contributed by atoms with Crippen molar-refractivity contribution < 1.29 is 0 Å². The summed E-state index contributed by atoms with van der Waals surface area (Å²) < 4.78 is 0. The molecule has 14 heavy (non-hydrogen) atoms. The smallest absolute Gasteiger partial charge is 0.0525 e. The Hall–Kier alpha value is -1.61. The van der Waals surface area contributed by atoms with Crippen LogP contribution in [-0.4, -0.2) is 16.7 Å².